The van der Waals surface area contributed by atoms with E-state index in [1.165, 1.54) is 12.1 Å². The average Bonchev–Trinajstić information content (AvgIpc) is 3.09. The molecule has 0 spiro atoms. The van der Waals surface area contributed by atoms with Gasteiger partial charge >= 0.3 is 12.1 Å². The third kappa shape index (κ3) is 3.72. The highest BCUT2D eigenvalue weighted by molar-refractivity contribution is 9.10. The summed E-state index contributed by atoms with van der Waals surface area (Å²) in [7, 11) is 0.973. The molecule has 0 aliphatic carbocycles. The van der Waals surface area contributed by atoms with Crippen LogP contribution in [-0.4, -0.2) is 25.5 Å². The molecule has 0 saturated heterocycles. The van der Waals surface area contributed by atoms with E-state index in [2.05, 4.69) is 20.9 Å². The zero-order chi connectivity index (χ0) is 22.4. The quantitative estimate of drug-likeness (QED) is 0.237. The summed E-state index contributed by atoms with van der Waals surface area (Å²) in [5.41, 5.74) is -3.13. The lowest BCUT2D eigenvalue weighted by Crippen LogP contribution is -2.51. The van der Waals surface area contributed by atoms with Gasteiger partial charge in [0, 0.05) is 6.21 Å². The fraction of sp³-hybridized carbons (Fsp3) is 0.263. The highest BCUT2D eigenvalue weighted by Crippen LogP contribution is 2.55. The van der Waals surface area contributed by atoms with Crippen LogP contribution in [-0.2, 0) is 14.9 Å². The number of hydrogen-bond acceptors (Lipinski definition) is 3. The zero-order valence-corrected chi connectivity index (χ0v) is 18.8. The third-order valence-electron chi connectivity index (χ3n) is 4.92. The summed E-state index contributed by atoms with van der Waals surface area (Å²) in [6.45, 7) is 0. The number of alkyl halides is 3. The van der Waals surface area contributed by atoms with E-state index in [9.17, 15) is 22.4 Å². The summed E-state index contributed by atoms with van der Waals surface area (Å²) in [4.78, 5) is 16.6. The second-order valence-electron chi connectivity index (χ2n) is 6.52. The van der Waals surface area contributed by atoms with Crippen LogP contribution in [0.4, 0.5) is 17.6 Å². The summed E-state index contributed by atoms with van der Waals surface area (Å²) in [5, 5.41) is -0.552. The molecule has 0 bridgehead atoms. The number of methoxy groups -OCH3 is 1. The fourth-order valence-electron chi connectivity index (χ4n) is 3.49. The average molecular weight is 548 g/mol. The molecular formula is C19H11BrCl3F4NO2. The Morgan fingerprint density at radius 2 is 1.77 bits per heavy atom. The Balaban J connectivity index is 2.28. The fourth-order valence-corrected chi connectivity index (χ4v) is 4.48. The summed E-state index contributed by atoms with van der Waals surface area (Å²) < 4.78 is 62.0. The van der Waals surface area contributed by atoms with Gasteiger partial charge in [0.1, 0.15) is 17.2 Å². The molecule has 0 radical (unpaired) electrons. The minimum absolute atomic E-state index is 0.0147. The maximum absolute atomic E-state index is 14.6. The van der Waals surface area contributed by atoms with Gasteiger partial charge in [-0.1, -0.05) is 40.9 Å². The van der Waals surface area contributed by atoms with Gasteiger partial charge in [-0.3, -0.25) is 9.79 Å². The van der Waals surface area contributed by atoms with Crippen molar-refractivity contribution < 1.29 is 27.1 Å². The van der Waals surface area contributed by atoms with Crippen LogP contribution in [0.1, 0.15) is 17.2 Å². The number of carbonyl (C=O) groups is 1. The van der Waals surface area contributed by atoms with Crippen LogP contribution in [0.3, 0.4) is 0 Å². The lowest BCUT2D eigenvalue weighted by molar-refractivity contribution is -0.191. The Bertz CT molecular complexity index is 1020. The van der Waals surface area contributed by atoms with Crippen LogP contribution in [0.25, 0.3) is 0 Å². The maximum Gasteiger partial charge on any atom is 0.404 e. The van der Waals surface area contributed by atoms with Crippen LogP contribution < -0.4 is 0 Å². The molecule has 30 heavy (non-hydrogen) atoms. The van der Waals surface area contributed by atoms with Crippen LogP contribution >= 0.6 is 50.7 Å². The third-order valence-corrected chi connectivity index (χ3v) is 6.72. The van der Waals surface area contributed by atoms with Crippen molar-refractivity contribution >= 4 is 62.9 Å². The first-order valence-electron chi connectivity index (χ1n) is 8.23. The Morgan fingerprint density at radius 3 is 2.27 bits per heavy atom. The van der Waals surface area contributed by atoms with Gasteiger partial charge in [0.2, 0.25) is 0 Å². The predicted molar refractivity (Wildman–Crippen MR) is 110 cm³/mol. The van der Waals surface area contributed by atoms with Crippen molar-refractivity contribution in [1.29, 1.82) is 0 Å². The Kier molecular flexibility index (Phi) is 6.45. The molecule has 1 aliphatic rings. The molecule has 2 aromatic rings. The molecule has 0 N–H and O–H groups in total. The maximum atomic E-state index is 14.6. The number of halogens is 8. The Hall–Kier alpha value is -1.35. The molecule has 11 heteroatoms. The molecule has 1 aliphatic heterocycles. The van der Waals surface area contributed by atoms with Crippen molar-refractivity contribution in [3.05, 3.63) is 66.8 Å². The number of ether oxygens (including phenoxy) is 1. The summed E-state index contributed by atoms with van der Waals surface area (Å²) in [6, 6.07) is 4.27. The van der Waals surface area contributed by atoms with E-state index in [1.54, 1.807) is 0 Å². The minimum atomic E-state index is -4.98. The Morgan fingerprint density at radius 1 is 1.17 bits per heavy atom. The summed E-state index contributed by atoms with van der Waals surface area (Å²) in [6.07, 6.45) is -4.34. The highest BCUT2D eigenvalue weighted by Gasteiger charge is 2.67. The summed E-state index contributed by atoms with van der Waals surface area (Å²) >= 11 is 20.8. The predicted octanol–water partition coefficient (Wildman–Crippen LogP) is 6.96. The smallest absolute Gasteiger partial charge is 0.404 e. The number of benzene rings is 2. The normalized spacial score (nSPS) is 23.6. The van der Waals surface area contributed by atoms with Gasteiger partial charge in [0.15, 0.2) is 0 Å². The summed E-state index contributed by atoms with van der Waals surface area (Å²) in [5.74, 6) is -3.63. The first kappa shape index (κ1) is 23.3. The van der Waals surface area contributed by atoms with Gasteiger partial charge in [0.25, 0.3) is 0 Å². The standard InChI is InChI=1S/C19H11BrCl3F4NO2/c1-30-17(29)14-16(8-2-3-13(24)10(20)4-8)28-7-18(14,19(25,26)27)9-5-11(21)15(23)12(22)6-9/h2-7,14,16H,1H3. The SMILES string of the molecule is COC(=O)C1C(c2ccc(F)c(Br)c2)N=CC1(c1cc(Cl)c(Cl)c(Cl)c1)C(F)(F)F. The van der Waals surface area contributed by atoms with Gasteiger partial charge in [-0.05, 0) is 51.3 Å². The van der Waals surface area contributed by atoms with E-state index in [0.29, 0.717) is 6.21 Å². The molecular weight excluding hydrogens is 536 g/mol. The van der Waals surface area contributed by atoms with Gasteiger partial charge in [-0.2, -0.15) is 13.2 Å². The zero-order valence-electron chi connectivity index (χ0n) is 14.9. The van der Waals surface area contributed by atoms with Gasteiger partial charge in [-0.15, -0.1) is 0 Å². The van der Waals surface area contributed by atoms with E-state index in [-0.39, 0.29) is 25.1 Å². The van der Waals surface area contributed by atoms with Gasteiger partial charge in [0.05, 0.1) is 32.7 Å². The number of nitrogens with zero attached hydrogens (tertiary/aromatic N) is 1. The van der Waals surface area contributed by atoms with Crippen molar-refractivity contribution in [2.75, 3.05) is 7.11 Å². The van der Waals surface area contributed by atoms with Crippen LogP contribution in [0.5, 0.6) is 0 Å². The number of rotatable bonds is 3. The molecule has 1 heterocycles. The van der Waals surface area contributed by atoms with E-state index >= 15 is 0 Å². The molecule has 0 aromatic heterocycles. The number of carbonyl (C=O) groups excluding carboxylic acids is 1. The van der Waals surface area contributed by atoms with Crippen molar-refractivity contribution in [2.45, 2.75) is 17.6 Å². The van der Waals surface area contributed by atoms with Crippen molar-refractivity contribution in [3.8, 4) is 0 Å². The van der Waals surface area contributed by atoms with Gasteiger partial charge in [-0.25, -0.2) is 4.39 Å². The van der Waals surface area contributed by atoms with Crippen LogP contribution in [0.15, 0.2) is 39.8 Å². The van der Waals surface area contributed by atoms with Crippen LogP contribution in [0, 0.1) is 11.7 Å². The molecule has 0 amide bonds. The number of hydrogen-bond donors (Lipinski definition) is 0. The topological polar surface area (TPSA) is 38.7 Å². The first-order valence-corrected chi connectivity index (χ1v) is 10.2. The van der Waals surface area contributed by atoms with Crippen molar-refractivity contribution in [2.24, 2.45) is 10.9 Å². The molecule has 3 rings (SSSR count). The molecule has 3 unspecified atom stereocenters. The van der Waals surface area contributed by atoms with Crippen molar-refractivity contribution in [1.82, 2.24) is 0 Å². The lowest BCUT2D eigenvalue weighted by atomic mass is 9.68. The molecule has 3 atom stereocenters. The molecule has 2 aromatic carbocycles. The largest absolute Gasteiger partial charge is 0.469 e. The number of aliphatic imine (C=N–C) groups is 1. The van der Waals surface area contributed by atoms with E-state index in [0.717, 1.165) is 25.3 Å². The van der Waals surface area contributed by atoms with Crippen molar-refractivity contribution in [3.63, 3.8) is 0 Å². The Labute approximate surface area is 192 Å². The second kappa shape index (κ2) is 8.30. The van der Waals surface area contributed by atoms with E-state index < -0.39 is 40.9 Å². The number of esters is 1. The first-order chi connectivity index (χ1) is 13.9. The molecule has 0 fully saturated rings. The van der Waals surface area contributed by atoms with Gasteiger partial charge < -0.3 is 4.74 Å². The van der Waals surface area contributed by atoms with E-state index in [4.69, 9.17) is 39.5 Å². The minimum Gasteiger partial charge on any atom is -0.469 e. The molecule has 3 nitrogen and oxygen atoms in total. The van der Waals surface area contributed by atoms with Crippen LogP contribution in [0.2, 0.25) is 15.1 Å². The monoisotopic (exact) mass is 545 g/mol. The molecule has 160 valence electrons. The van der Waals surface area contributed by atoms with E-state index in [1.807, 2.05) is 0 Å². The second-order valence-corrected chi connectivity index (χ2v) is 8.56. The molecule has 0 saturated carbocycles. The lowest BCUT2D eigenvalue weighted by Gasteiger charge is -2.36. The highest BCUT2D eigenvalue weighted by atomic mass is 79.9.